The molecule has 0 heterocycles. The molecule has 9 heteroatoms. The van der Waals surface area contributed by atoms with Crippen molar-refractivity contribution in [3.05, 3.63) is 48.6 Å². The van der Waals surface area contributed by atoms with Crippen molar-refractivity contribution < 1.29 is 23.8 Å². The molecule has 2 N–H and O–H groups in total. The summed E-state index contributed by atoms with van der Waals surface area (Å²) < 4.78 is 16.7. The zero-order valence-electron chi connectivity index (χ0n) is 24.6. The van der Waals surface area contributed by atoms with Gasteiger partial charge in [-0.15, -0.1) is 6.58 Å². The molecule has 0 aliphatic carbocycles. The third-order valence-electron chi connectivity index (χ3n) is 6.57. The van der Waals surface area contributed by atoms with Crippen LogP contribution in [0.15, 0.2) is 37.4 Å². The van der Waals surface area contributed by atoms with Gasteiger partial charge in [0.25, 0.3) is 0 Å². The molecule has 8 nitrogen and oxygen atoms in total. The first-order chi connectivity index (χ1) is 19.5. The van der Waals surface area contributed by atoms with Gasteiger partial charge in [0, 0.05) is 56.4 Å². The van der Waals surface area contributed by atoms with Crippen molar-refractivity contribution >= 4 is 36.2 Å². The lowest BCUT2D eigenvalue weighted by Crippen LogP contribution is -2.43. The quantitative estimate of drug-likeness (QED) is 0.0603. The highest BCUT2D eigenvalue weighted by Crippen LogP contribution is 2.30. The number of hydrogen-bond donors (Lipinski definition) is 3. The number of likely N-dealkylation sites (N-methyl/N-ethyl adjacent to an activating group) is 2. The average Bonchev–Trinajstić information content (AvgIpc) is 2.97. The van der Waals surface area contributed by atoms with Crippen LogP contribution < -0.4 is 10.6 Å². The summed E-state index contributed by atoms with van der Waals surface area (Å²) in [5.74, 6) is 0.837. The van der Waals surface area contributed by atoms with Crippen LogP contribution >= 0.6 is 12.6 Å². The molecule has 226 valence electrons. The fraction of sp³-hybridized carbons (Fsp3) is 0.613. The molecule has 0 spiro atoms. The van der Waals surface area contributed by atoms with Gasteiger partial charge in [0.2, 0.25) is 5.91 Å². The SMILES string of the molecule is C=CCCC(C(=O)NC)N(C)C(=C)c1c(C=O)cccc1NCCCCCOCCOCCOCCCCCS. The number of rotatable bonds is 26. The smallest absolute Gasteiger partial charge is 0.242 e. The number of hydrogen-bond acceptors (Lipinski definition) is 8. The van der Waals surface area contributed by atoms with Gasteiger partial charge in [0.05, 0.1) is 26.4 Å². The van der Waals surface area contributed by atoms with Gasteiger partial charge in [-0.05, 0) is 56.8 Å². The van der Waals surface area contributed by atoms with E-state index >= 15 is 0 Å². The number of thiol groups is 1. The second-order valence-electron chi connectivity index (χ2n) is 9.55. The van der Waals surface area contributed by atoms with Crippen molar-refractivity contribution in [2.75, 3.05) is 71.4 Å². The fourth-order valence-electron chi connectivity index (χ4n) is 4.21. The molecule has 0 aliphatic rings. The van der Waals surface area contributed by atoms with Crippen molar-refractivity contribution in [2.24, 2.45) is 0 Å². The van der Waals surface area contributed by atoms with Crippen LogP contribution in [0, 0.1) is 0 Å². The van der Waals surface area contributed by atoms with E-state index in [9.17, 15) is 9.59 Å². The van der Waals surface area contributed by atoms with Crippen molar-refractivity contribution in [2.45, 2.75) is 57.4 Å². The highest BCUT2D eigenvalue weighted by Gasteiger charge is 2.25. The molecule has 1 aromatic carbocycles. The largest absolute Gasteiger partial charge is 0.384 e. The topological polar surface area (TPSA) is 89.1 Å². The van der Waals surface area contributed by atoms with Crippen LogP contribution in [0.3, 0.4) is 0 Å². The van der Waals surface area contributed by atoms with Crippen molar-refractivity contribution in [1.82, 2.24) is 10.2 Å². The average molecular weight is 578 g/mol. The van der Waals surface area contributed by atoms with Gasteiger partial charge in [-0.2, -0.15) is 12.6 Å². The lowest BCUT2D eigenvalue weighted by atomic mass is 10.00. The molecule has 0 aromatic heterocycles. The summed E-state index contributed by atoms with van der Waals surface area (Å²) in [6, 6.07) is 5.15. The van der Waals surface area contributed by atoms with E-state index in [0.29, 0.717) is 57.1 Å². The van der Waals surface area contributed by atoms with E-state index in [2.05, 4.69) is 36.4 Å². The van der Waals surface area contributed by atoms with E-state index in [0.717, 1.165) is 75.0 Å². The number of amides is 1. The van der Waals surface area contributed by atoms with Gasteiger partial charge < -0.3 is 29.7 Å². The van der Waals surface area contributed by atoms with Crippen LogP contribution in [0.4, 0.5) is 5.69 Å². The maximum absolute atomic E-state index is 12.5. The van der Waals surface area contributed by atoms with Crippen LogP contribution in [0.1, 0.15) is 67.3 Å². The van der Waals surface area contributed by atoms with E-state index in [1.165, 1.54) is 0 Å². The number of anilines is 1. The Morgan fingerprint density at radius 1 is 1.00 bits per heavy atom. The molecule has 1 atom stereocenters. The first-order valence-electron chi connectivity index (χ1n) is 14.4. The number of nitrogens with one attached hydrogen (secondary N) is 2. The molecule has 1 aromatic rings. The molecule has 0 aliphatic heterocycles. The predicted molar refractivity (Wildman–Crippen MR) is 168 cm³/mol. The fourth-order valence-corrected chi connectivity index (χ4v) is 4.43. The Balaban J connectivity index is 2.37. The Morgan fingerprint density at radius 3 is 2.20 bits per heavy atom. The summed E-state index contributed by atoms with van der Waals surface area (Å²) in [6.07, 6.45) is 10.2. The minimum absolute atomic E-state index is 0.0996. The molecule has 40 heavy (non-hydrogen) atoms. The van der Waals surface area contributed by atoms with E-state index in [1.807, 2.05) is 24.1 Å². The molecular weight excluding hydrogens is 526 g/mol. The number of carbonyl (C=O) groups excluding carboxylic acids is 2. The third-order valence-corrected chi connectivity index (χ3v) is 6.89. The molecule has 0 saturated carbocycles. The maximum atomic E-state index is 12.5. The Kier molecular flexibility index (Phi) is 20.9. The summed E-state index contributed by atoms with van der Waals surface area (Å²) >= 11 is 4.20. The molecule has 1 rings (SSSR count). The number of nitrogens with zero attached hydrogens (tertiary/aromatic N) is 1. The van der Waals surface area contributed by atoms with Gasteiger partial charge in [0.15, 0.2) is 6.29 Å². The third kappa shape index (κ3) is 14.3. The van der Waals surface area contributed by atoms with Crippen LogP contribution in [0.25, 0.3) is 5.70 Å². The van der Waals surface area contributed by atoms with Crippen molar-refractivity contribution in [3.8, 4) is 0 Å². The van der Waals surface area contributed by atoms with Crippen LogP contribution in [0.5, 0.6) is 0 Å². The number of benzene rings is 1. The molecule has 0 bridgehead atoms. The van der Waals surface area contributed by atoms with E-state index in [4.69, 9.17) is 14.2 Å². The Hall–Kier alpha value is -2.33. The normalized spacial score (nSPS) is 11.6. The standard InChI is InChI=1S/C31H51N3O5S/c1-5-6-16-29(31(36)32-3)34(4)26(2)30-27(25-35)14-13-15-28(30)33-17-9-7-10-18-37-20-22-39-23-21-38-19-11-8-12-24-40/h5,13-15,25,29,33,40H,1-2,6-12,16-24H2,3-4H3,(H,32,36). The van der Waals surface area contributed by atoms with Gasteiger partial charge in [0.1, 0.15) is 6.04 Å². The highest BCUT2D eigenvalue weighted by atomic mass is 32.1. The zero-order valence-corrected chi connectivity index (χ0v) is 25.5. The summed E-state index contributed by atoms with van der Waals surface area (Å²) in [7, 11) is 3.46. The van der Waals surface area contributed by atoms with Crippen molar-refractivity contribution in [3.63, 3.8) is 0 Å². The molecule has 1 unspecified atom stereocenters. The minimum Gasteiger partial charge on any atom is -0.384 e. The second kappa shape index (κ2) is 23.4. The van der Waals surface area contributed by atoms with Crippen molar-refractivity contribution in [1.29, 1.82) is 0 Å². The van der Waals surface area contributed by atoms with E-state index in [1.54, 1.807) is 19.2 Å². The van der Waals surface area contributed by atoms with Crippen LogP contribution in [-0.4, -0.2) is 89.2 Å². The number of carbonyl (C=O) groups is 2. The lowest BCUT2D eigenvalue weighted by molar-refractivity contribution is -0.124. The number of aldehydes is 1. The number of ether oxygens (including phenoxy) is 3. The summed E-state index contributed by atoms with van der Waals surface area (Å²) in [6.45, 7) is 12.6. The van der Waals surface area contributed by atoms with Crippen LogP contribution in [-0.2, 0) is 19.0 Å². The Bertz CT molecular complexity index is 867. The Labute approximate surface area is 247 Å². The molecule has 0 saturated heterocycles. The molecular formula is C31H51N3O5S. The summed E-state index contributed by atoms with van der Waals surface area (Å²) in [5, 5.41) is 6.19. The monoisotopic (exact) mass is 577 g/mol. The summed E-state index contributed by atoms with van der Waals surface area (Å²) in [5.41, 5.74) is 2.70. The first kappa shape index (κ1) is 35.7. The minimum atomic E-state index is -0.417. The van der Waals surface area contributed by atoms with Crippen LogP contribution in [0.2, 0.25) is 0 Å². The highest BCUT2D eigenvalue weighted by molar-refractivity contribution is 7.80. The van der Waals surface area contributed by atoms with Gasteiger partial charge in [-0.25, -0.2) is 0 Å². The van der Waals surface area contributed by atoms with E-state index < -0.39 is 6.04 Å². The number of unbranched alkanes of at least 4 members (excludes halogenated alkanes) is 4. The van der Waals surface area contributed by atoms with Gasteiger partial charge in [-0.3, -0.25) is 9.59 Å². The molecule has 1 amide bonds. The Morgan fingerprint density at radius 2 is 1.62 bits per heavy atom. The predicted octanol–water partition coefficient (Wildman–Crippen LogP) is 5.21. The van der Waals surface area contributed by atoms with Gasteiger partial charge >= 0.3 is 0 Å². The first-order valence-corrected chi connectivity index (χ1v) is 15.1. The van der Waals surface area contributed by atoms with Gasteiger partial charge in [-0.1, -0.05) is 31.2 Å². The van der Waals surface area contributed by atoms with E-state index in [-0.39, 0.29) is 5.91 Å². The second-order valence-corrected chi connectivity index (χ2v) is 10.00. The summed E-state index contributed by atoms with van der Waals surface area (Å²) in [4.78, 5) is 26.2. The lowest BCUT2D eigenvalue weighted by Gasteiger charge is -2.31. The zero-order chi connectivity index (χ0) is 29.4. The molecule has 0 radical (unpaired) electrons. The maximum Gasteiger partial charge on any atom is 0.242 e. The number of allylic oxidation sites excluding steroid dienone is 1. The molecule has 0 fully saturated rings.